The normalized spacial score (nSPS) is 12.0. The van der Waals surface area contributed by atoms with Crippen molar-refractivity contribution >= 4 is 33.3 Å². The molecule has 0 saturated carbocycles. The summed E-state index contributed by atoms with van der Waals surface area (Å²) >= 11 is 11.5. The molecule has 0 aromatic heterocycles. The molecule has 3 nitrogen and oxygen atoms in total. The molecule has 0 amide bonds. The molecule has 3 aromatic carbocycles. The fraction of sp³-hybridized carbons (Fsp3) is 0.457. The van der Waals surface area contributed by atoms with E-state index >= 15 is 0 Å². The van der Waals surface area contributed by atoms with E-state index in [1.54, 1.807) is 0 Å². The Kier molecular flexibility index (Phi) is 11.4. The third-order valence-electron chi connectivity index (χ3n) is 6.99. The second-order valence-corrected chi connectivity index (χ2v) is 16.3. The van der Waals surface area contributed by atoms with Gasteiger partial charge in [0.25, 0.3) is 0 Å². The third-order valence-corrected chi connectivity index (χ3v) is 10.3. The Morgan fingerprint density at radius 2 is 1.05 bits per heavy atom. The Balaban J connectivity index is 0.000000333. The molecule has 0 fully saturated rings. The van der Waals surface area contributed by atoms with Gasteiger partial charge in [-0.2, -0.15) is 0 Å². The molecule has 224 valence electrons. The van der Waals surface area contributed by atoms with E-state index in [0.29, 0.717) is 10.0 Å². The van der Waals surface area contributed by atoms with Gasteiger partial charge in [0.15, 0.2) is 0 Å². The molecule has 0 aliphatic rings. The summed E-state index contributed by atoms with van der Waals surface area (Å²) in [5.74, 6) is 0.564. The number of benzene rings is 3. The van der Waals surface area contributed by atoms with E-state index < -0.39 is 17.9 Å². The molecule has 0 aliphatic carbocycles. The number of nitrogens with zero attached hydrogens (tertiary/aromatic N) is 1. The number of halogens is 2. The molecule has 41 heavy (non-hydrogen) atoms. The van der Waals surface area contributed by atoms with E-state index in [-0.39, 0.29) is 27.7 Å². The van der Waals surface area contributed by atoms with Crippen molar-refractivity contribution < 1.29 is 28.1 Å². The molecule has 3 rings (SSSR count). The maximum atomic E-state index is 11.2. The predicted octanol–water partition coefficient (Wildman–Crippen LogP) is 11.3. The summed E-state index contributed by atoms with van der Waals surface area (Å²) in [5.41, 5.74) is 8.22. The monoisotopic (exact) mass is 681 g/mol. The van der Waals surface area contributed by atoms with Crippen LogP contribution in [0.3, 0.4) is 0 Å². The number of phenols is 2. The van der Waals surface area contributed by atoms with Gasteiger partial charge in [0.2, 0.25) is 0 Å². The first kappa shape index (κ1) is 35.4. The molecule has 0 heterocycles. The molecule has 0 unspecified atom stereocenters. The van der Waals surface area contributed by atoms with Crippen molar-refractivity contribution in [3.05, 3.63) is 73.8 Å². The van der Waals surface area contributed by atoms with Crippen LogP contribution < -0.4 is 0 Å². The summed E-state index contributed by atoms with van der Waals surface area (Å²) in [4.78, 5) is 0. The SMILES string of the molecule is CC(C)(C)[CH]=[Mo]=[N]c1c(Cl)cccc1Cl.Cc1cc(C(C)(C)C)c(O)c(-c2c(C)c(C)cc(C(C)(C)C)c2O)c1C. The summed E-state index contributed by atoms with van der Waals surface area (Å²) in [6.07, 6.45) is 0. The van der Waals surface area contributed by atoms with E-state index in [1.807, 2.05) is 32.0 Å². The minimum atomic E-state index is -0.524. The summed E-state index contributed by atoms with van der Waals surface area (Å²) < 4.78 is 6.76. The Hall–Kier alpha value is -1.80. The van der Waals surface area contributed by atoms with Crippen LogP contribution in [0.1, 0.15) is 95.7 Å². The van der Waals surface area contributed by atoms with Gasteiger partial charge in [-0.25, -0.2) is 0 Å². The fourth-order valence-corrected chi connectivity index (χ4v) is 6.77. The van der Waals surface area contributed by atoms with Crippen molar-refractivity contribution in [2.75, 3.05) is 0 Å². The van der Waals surface area contributed by atoms with Gasteiger partial charge in [0.05, 0.1) is 0 Å². The van der Waals surface area contributed by atoms with Crippen molar-refractivity contribution in [2.45, 2.75) is 101 Å². The van der Waals surface area contributed by atoms with Crippen LogP contribution in [0.2, 0.25) is 10.0 Å². The molecular weight excluding hydrogens is 633 g/mol. The first-order chi connectivity index (χ1) is 18.6. The largest absolute Gasteiger partial charge is 0.507 e. The summed E-state index contributed by atoms with van der Waals surface area (Å²) in [5, 5.41) is 23.7. The number of phenolic OH excluding ortho intramolecular Hbond substituents is 2. The molecule has 0 aliphatic heterocycles. The van der Waals surface area contributed by atoms with Crippen LogP contribution in [-0.4, -0.2) is 14.6 Å². The fourth-order valence-electron chi connectivity index (χ4n) is 4.37. The second-order valence-electron chi connectivity index (χ2n) is 13.9. The minimum Gasteiger partial charge on any atom is -0.507 e. The first-order valence-electron chi connectivity index (χ1n) is 13.9. The van der Waals surface area contributed by atoms with Gasteiger partial charge in [-0.3, -0.25) is 0 Å². The molecular formula is C35H47Cl2MoNO2. The van der Waals surface area contributed by atoms with Gasteiger partial charge in [-0.05, 0) is 60.8 Å². The number of aryl methyl sites for hydroxylation is 2. The Labute approximate surface area is 266 Å². The van der Waals surface area contributed by atoms with Crippen molar-refractivity contribution in [1.29, 1.82) is 0 Å². The predicted molar refractivity (Wildman–Crippen MR) is 176 cm³/mol. The molecule has 0 atom stereocenters. The van der Waals surface area contributed by atoms with E-state index in [9.17, 15) is 10.2 Å². The number of hydrogen-bond donors (Lipinski definition) is 2. The third kappa shape index (κ3) is 8.85. The molecule has 0 bridgehead atoms. The summed E-state index contributed by atoms with van der Waals surface area (Å²) in [6, 6.07) is 9.60. The molecule has 0 saturated heterocycles. The molecule has 3 aromatic rings. The van der Waals surface area contributed by atoms with Crippen LogP contribution >= 0.6 is 23.2 Å². The van der Waals surface area contributed by atoms with Gasteiger partial charge in [0.1, 0.15) is 11.5 Å². The van der Waals surface area contributed by atoms with E-state index in [0.717, 1.165) is 50.2 Å². The summed E-state index contributed by atoms with van der Waals surface area (Å²) in [7, 11) is 0. The standard InChI is InChI=1S/C24H34O2.C6H3Cl2N.C5H10.Mo/c1-13-11-17(23(5,6)7)21(25)19(15(13)3)20-16(4)14(2)12-18(22(20)26)24(8,9)10;7-4-2-1-3-5(8)6(4)9;1-5(2,3)4;/h11-12,25-26H,1-10H3;1-3H;1H,2-4H3;. The molecule has 0 spiro atoms. The van der Waals surface area contributed by atoms with Crippen molar-refractivity contribution in [3.63, 3.8) is 0 Å². The second kappa shape index (κ2) is 13.2. The van der Waals surface area contributed by atoms with Crippen molar-refractivity contribution in [1.82, 2.24) is 0 Å². The van der Waals surface area contributed by atoms with Gasteiger partial charge >= 0.3 is 109 Å². The Morgan fingerprint density at radius 3 is 1.37 bits per heavy atom. The van der Waals surface area contributed by atoms with Crippen LogP contribution in [0, 0.1) is 33.1 Å². The van der Waals surface area contributed by atoms with Crippen LogP contribution in [0.25, 0.3) is 11.1 Å². The average Bonchev–Trinajstić information content (AvgIpc) is 2.81. The molecule has 2 N–H and O–H groups in total. The maximum absolute atomic E-state index is 11.2. The molecule has 6 heteroatoms. The smallest absolute Gasteiger partial charge is 0.127 e. The zero-order valence-electron chi connectivity index (χ0n) is 27.0. The number of hydrogen-bond acceptors (Lipinski definition) is 3. The Morgan fingerprint density at radius 1 is 0.683 bits per heavy atom. The average molecular weight is 681 g/mol. The van der Waals surface area contributed by atoms with E-state index in [4.69, 9.17) is 23.2 Å². The van der Waals surface area contributed by atoms with Crippen LogP contribution in [0.5, 0.6) is 11.5 Å². The van der Waals surface area contributed by atoms with Gasteiger partial charge in [0, 0.05) is 22.3 Å². The van der Waals surface area contributed by atoms with Gasteiger partial charge in [-0.15, -0.1) is 0 Å². The zero-order chi connectivity index (χ0) is 31.7. The van der Waals surface area contributed by atoms with Gasteiger partial charge in [-0.1, -0.05) is 53.7 Å². The van der Waals surface area contributed by atoms with E-state index in [2.05, 4.69) is 96.2 Å². The topological polar surface area (TPSA) is 52.8 Å². The number of rotatable bonds is 2. The quantitative estimate of drug-likeness (QED) is 0.265. The van der Waals surface area contributed by atoms with Crippen LogP contribution in [0.4, 0.5) is 5.69 Å². The van der Waals surface area contributed by atoms with Crippen LogP contribution in [0.15, 0.2) is 33.8 Å². The van der Waals surface area contributed by atoms with Crippen molar-refractivity contribution in [2.24, 2.45) is 8.91 Å². The Bertz CT molecular complexity index is 1400. The van der Waals surface area contributed by atoms with Gasteiger partial charge < -0.3 is 10.2 Å². The molecule has 0 radical (unpaired) electrons. The first-order valence-corrected chi connectivity index (χ1v) is 16.7. The number of aromatic hydroxyl groups is 2. The zero-order valence-corrected chi connectivity index (χ0v) is 30.5. The maximum Gasteiger partial charge on any atom is 0.127 e. The van der Waals surface area contributed by atoms with E-state index in [1.165, 1.54) is 0 Å². The van der Waals surface area contributed by atoms with Crippen molar-refractivity contribution in [3.8, 4) is 22.6 Å². The minimum absolute atomic E-state index is 0.183. The van der Waals surface area contributed by atoms with Crippen LogP contribution in [-0.2, 0) is 28.7 Å². The summed E-state index contributed by atoms with van der Waals surface area (Å²) in [6.45, 7) is 27.3.